The zero-order valence-corrected chi connectivity index (χ0v) is 12.7. The zero-order valence-electron chi connectivity index (χ0n) is 7.96. The fourth-order valence-corrected chi connectivity index (χ4v) is 3.52. The lowest BCUT2D eigenvalue weighted by atomic mass is 9.82. The van der Waals surface area contributed by atoms with E-state index in [-0.39, 0.29) is 8.06 Å². The van der Waals surface area contributed by atoms with Gasteiger partial charge in [-0.2, -0.15) is 0 Å². The molecule has 0 amide bonds. The van der Waals surface area contributed by atoms with E-state index in [9.17, 15) is 5.11 Å². The third kappa shape index (κ3) is 2.48. The molecule has 1 aromatic rings. The molecule has 15 heavy (non-hydrogen) atoms. The number of aliphatic hydroxyl groups excluding tert-OH is 1. The van der Waals surface area contributed by atoms with Crippen molar-refractivity contribution >= 4 is 47.8 Å². The molecule has 0 aliphatic heterocycles. The molecule has 1 aliphatic rings. The zero-order chi connectivity index (χ0) is 11.1. The predicted octanol–water partition coefficient (Wildman–Crippen LogP) is 4.12. The van der Waals surface area contributed by atoms with Crippen LogP contribution in [0.15, 0.2) is 24.3 Å². The number of alkyl halides is 3. The van der Waals surface area contributed by atoms with Crippen LogP contribution in [-0.2, 0) is 6.42 Å². The van der Waals surface area contributed by atoms with Gasteiger partial charge in [0.1, 0.15) is 2.14 Å². The number of fused-ring (bicyclic) bond motifs is 1. The Balaban J connectivity index is 2.34. The van der Waals surface area contributed by atoms with E-state index in [4.69, 9.17) is 0 Å². The molecule has 82 valence electrons. The first-order chi connectivity index (χ1) is 7.00. The van der Waals surface area contributed by atoms with E-state index in [0.717, 1.165) is 18.4 Å². The Hall–Kier alpha value is 0.620. The summed E-state index contributed by atoms with van der Waals surface area (Å²) < 4.78 is -0.375. The van der Waals surface area contributed by atoms with Gasteiger partial charge in [0.05, 0.1) is 6.10 Å². The summed E-state index contributed by atoms with van der Waals surface area (Å²) in [4.78, 5) is 0. The number of aliphatic hydroxyl groups is 1. The van der Waals surface area contributed by atoms with Crippen LogP contribution in [0.2, 0.25) is 0 Å². The molecule has 0 unspecified atom stereocenters. The highest BCUT2D eigenvalue weighted by Gasteiger charge is 2.39. The highest BCUT2D eigenvalue weighted by molar-refractivity contribution is 9.39. The minimum Gasteiger partial charge on any atom is -0.388 e. The van der Waals surface area contributed by atoms with Crippen LogP contribution >= 0.6 is 47.8 Å². The second kappa shape index (κ2) is 4.47. The Kier molecular flexibility index (Phi) is 3.61. The van der Waals surface area contributed by atoms with E-state index >= 15 is 0 Å². The summed E-state index contributed by atoms with van der Waals surface area (Å²) in [7, 11) is 0. The molecule has 0 spiro atoms. The normalized spacial score (nSPS) is 26.1. The Morgan fingerprint density at radius 1 is 1.20 bits per heavy atom. The van der Waals surface area contributed by atoms with Gasteiger partial charge in [0.2, 0.25) is 0 Å². The molecule has 0 saturated carbocycles. The van der Waals surface area contributed by atoms with Gasteiger partial charge in [0.25, 0.3) is 0 Å². The van der Waals surface area contributed by atoms with E-state index in [1.54, 1.807) is 0 Å². The van der Waals surface area contributed by atoms with Gasteiger partial charge in [-0.05, 0) is 24.0 Å². The molecule has 2 atom stereocenters. The molecular weight excluding hydrogens is 388 g/mol. The molecule has 1 N–H and O–H groups in total. The smallest absolute Gasteiger partial charge is 0.140 e. The van der Waals surface area contributed by atoms with Crippen LogP contribution in [0.4, 0.5) is 0 Å². The van der Waals surface area contributed by atoms with Crippen molar-refractivity contribution in [3.63, 3.8) is 0 Å². The van der Waals surface area contributed by atoms with Crippen LogP contribution in [0.1, 0.15) is 23.7 Å². The summed E-state index contributed by atoms with van der Waals surface area (Å²) in [5.74, 6) is 0.132. The van der Waals surface area contributed by atoms with E-state index < -0.39 is 6.10 Å². The van der Waals surface area contributed by atoms with Crippen LogP contribution in [0.25, 0.3) is 0 Å². The quantitative estimate of drug-likeness (QED) is 0.652. The molecule has 0 fully saturated rings. The summed E-state index contributed by atoms with van der Waals surface area (Å²) in [5, 5.41) is 10.3. The van der Waals surface area contributed by atoms with Gasteiger partial charge < -0.3 is 5.11 Å². The third-order valence-corrected chi connectivity index (χ3v) is 4.66. The van der Waals surface area contributed by atoms with Crippen molar-refractivity contribution in [3.05, 3.63) is 35.4 Å². The van der Waals surface area contributed by atoms with Gasteiger partial charge in [0, 0.05) is 5.92 Å². The number of halogens is 3. The maximum absolute atomic E-state index is 10.3. The molecule has 2 rings (SSSR count). The van der Waals surface area contributed by atoms with Crippen molar-refractivity contribution in [2.45, 2.75) is 21.1 Å². The van der Waals surface area contributed by atoms with Crippen LogP contribution in [0.5, 0.6) is 0 Å². The summed E-state index contributed by atoms with van der Waals surface area (Å²) in [5.41, 5.74) is 2.31. The molecule has 0 heterocycles. The highest BCUT2D eigenvalue weighted by atomic mass is 80.0. The minimum atomic E-state index is -0.423. The van der Waals surface area contributed by atoms with Crippen molar-refractivity contribution in [1.29, 1.82) is 0 Å². The van der Waals surface area contributed by atoms with Crippen molar-refractivity contribution in [3.8, 4) is 0 Å². The Labute approximate surface area is 115 Å². The molecule has 0 aromatic heterocycles. The summed E-state index contributed by atoms with van der Waals surface area (Å²) in [6.07, 6.45) is 1.55. The number of hydrogen-bond acceptors (Lipinski definition) is 1. The SMILES string of the molecule is O[C@@H]1c2ccccc2CC[C@H]1C(Br)(Br)Br. The average Bonchev–Trinajstić information content (AvgIpc) is 2.16. The summed E-state index contributed by atoms with van der Waals surface area (Å²) in [6.45, 7) is 0. The Morgan fingerprint density at radius 3 is 2.53 bits per heavy atom. The fourth-order valence-electron chi connectivity index (χ4n) is 2.08. The van der Waals surface area contributed by atoms with Crippen LogP contribution in [-0.4, -0.2) is 7.25 Å². The average molecular weight is 399 g/mol. The van der Waals surface area contributed by atoms with Gasteiger partial charge in [-0.25, -0.2) is 0 Å². The maximum Gasteiger partial charge on any atom is 0.140 e. The van der Waals surface area contributed by atoms with Gasteiger partial charge in [-0.15, -0.1) is 0 Å². The van der Waals surface area contributed by atoms with Gasteiger partial charge in [-0.3, -0.25) is 0 Å². The van der Waals surface area contributed by atoms with E-state index in [2.05, 4.69) is 53.9 Å². The van der Waals surface area contributed by atoms with Crippen LogP contribution in [0, 0.1) is 5.92 Å². The second-order valence-corrected chi connectivity index (χ2v) is 10.8. The molecule has 0 bridgehead atoms. The second-order valence-electron chi connectivity index (χ2n) is 3.83. The molecule has 1 aromatic carbocycles. The number of hydrogen-bond donors (Lipinski definition) is 1. The van der Waals surface area contributed by atoms with Crippen molar-refractivity contribution in [1.82, 2.24) is 0 Å². The lowest BCUT2D eigenvalue weighted by molar-refractivity contribution is 0.101. The largest absolute Gasteiger partial charge is 0.388 e. The summed E-state index contributed by atoms with van der Waals surface area (Å²) >= 11 is 10.5. The third-order valence-electron chi connectivity index (χ3n) is 2.90. The summed E-state index contributed by atoms with van der Waals surface area (Å²) in [6, 6.07) is 8.09. The molecule has 4 heteroatoms. The lowest BCUT2D eigenvalue weighted by Crippen LogP contribution is -2.29. The van der Waals surface area contributed by atoms with Gasteiger partial charge in [0.15, 0.2) is 0 Å². The Bertz CT molecular complexity index is 359. The molecule has 0 radical (unpaired) electrons. The van der Waals surface area contributed by atoms with Crippen molar-refractivity contribution in [2.24, 2.45) is 5.92 Å². The lowest BCUT2D eigenvalue weighted by Gasteiger charge is -2.35. The predicted molar refractivity (Wildman–Crippen MR) is 72.7 cm³/mol. The standard InChI is InChI=1S/C11H11Br3O/c12-11(13,14)9-6-5-7-3-1-2-4-8(7)10(9)15/h1-4,9-10,15H,5-6H2/t9-,10-/m1/s1. The van der Waals surface area contributed by atoms with Crippen molar-refractivity contribution < 1.29 is 5.11 Å². The van der Waals surface area contributed by atoms with E-state index in [1.165, 1.54) is 5.56 Å². The number of benzene rings is 1. The molecular formula is C11H11Br3O. The number of rotatable bonds is 0. The molecule has 1 nitrogen and oxygen atoms in total. The first-order valence-electron chi connectivity index (χ1n) is 4.82. The molecule has 0 saturated heterocycles. The van der Waals surface area contributed by atoms with Crippen LogP contribution in [0.3, 0.4) is 0 Å². The first-order valence-corrected chi connectivity index (χ1v) is 7.20. The molecule has 1 aliphatic carbocycles. The monoisotopic (exact) mass is 396 g/mol. The van der Waals surface area contributed by atoms with Gasteiger partial charge in [-0.1, -0.05) is 72.1 Å². The van der Waals surface area contributed by atoms with Crippen LogP contribution < -0.4 is 0 Å². The van der Waals surface area contributed by atoms with Gasteiger partial charge >= 0.3 is 0 Å². The maximum atomic E-state index is 10.3. The van der Waals surface area contributed by atoms with Crippen molar-refractivity contribution in [2.75, 3.05) is 0 Å². The topological polar surface area (TPSA) is 20.2 Å². The Morgan fingerprint density at radius 2 is 1.87 bits per heavy atom. The van der Waals surface area contributed by atoms with E-state index in [0.29, 0.717) is 0 Å². The van der Waals surface area contributed by atoms with E-state index in [1.807, 2.05) is 18.2 Å². The highest BCUT2D eigenvalue weighted by Crippen LogP contribution is 2.50. The fraction of sp³-hybridized carbons (Fsp3) is 0.455. The minimum absolute atomic E-state index is 0.132. The first kappa shape index (κ1) is 12.1. The number of aryl methyl sites for hydroxylation is 1.